The molecule has 3 heterocycles. The molecule has 6 N–H and O–H groups in total. The summed E-state index contributed by atoms with van der Waals surface area (Å²) in [5.74, 6) is 1.24. The van der Waals surface area contributed by atoms with Crippen molar-refractivity contribution < 1.29 is 19.0 Å². The van der Waals surface area contributed by atoms with Crippen molar-refractivity contribution in [2.24, 2.45) is 5.73 Å². The molecule has 0 radical (unpaired) electrons. The zero-order chi connectivity index (χ0) is 26.1. The Bertz CT molecular complexity index is 1530. The van der Waals surface area contributed by atoms with Crippen molar-refractivity contribution in [1.29, 1.82) is 5.26 Å². The zero-order valence-electron chi connectivity index (χ0n) is 20.4. The number of carbonyl (C=O) groups is 1. The molecule has 12 heteroatoms. The van der Waals surface area contributed by atoms with Crippen LogP contribution >= 0.6 is 0 Å². The van der Waals surface area contributed by atoms with Gasteiger partial charge in [-0.25, -0.2) is 9.97 Å². The van der Waals surface area contributed by atoms with Gasteiger partial charge in [0.1, 0.15) is 29.1 Å². The molecule has 0 fully saturated rings. The van der Waals surface area contributed by atoms with Crippen LogP contribution in [0.5, 0.6) is 11.5 Å². The Morgan fingerprint density at radius 2 is 1.92 bits per heavy atom. The number of benzene rings is 2. The first kappa shape index (κ1) is 24.2. The van der Waals surface area contributed by atoms with Crippen LogP contribution in [0.25, 0.3) is 22.1 Å². The van der Waals surface area contributed by atoms with Gasteiger partial charge in [-0.05, 0) is 31.0 Å². The predicted octanol–water partition coefficient (Wildman–Crippen LogP) is 2.35. The lowest BCUT2D eigenvalue weighted by Crippen LogP contribution is -2.23. The van der Waals surface area contributed by atoms with Crippen molar-refractivity contribution in [3.8, 4) is 17.6 Å². The minimum absolute atomic E-state index is 0.0346. The first-order valence-electron chi connectivity index (χ1n) is 12.0. The summed E-state index contributed by atoms with van der Waals surface area (Å²) >= 11 is 0. The smallest absolute Gasteiger partial charge is 0.248 e. The van der Waals surface area contributed by atoms with E-state index in [9.17, 15) is 10.1 Å². The highest BCUT2D eigenvalue weighted by molar-refractivity contribution is 5.98. The van der Waals surface area contributed by atoms with Gasteiger partial charge in [-0.15, -0.1) is 0 Å². The SMILES string of the molecule is COCCCOc1cc(C(N)=O)cc2nc(N)n(CCC[C@H]3COc4cc(C#N)cc5nc(N)n3c45)c12. The van der Waals surface area contributed by atoms with Crippen LogP contribution in [0.4, 0.5) is 11.9 Å². The molecule has 0 saturated heterocycles. The second kappa shape index (κ2) is 9.87. The van der Waals surface area contributed by atoms with Gasteiger partial charge >= 0.3 is 0 Å². The van der Waals surface area contributed by atoms with Gasteiger partial charge in [-0.2, -0.15) is 5.26 Å². The summed E-state index contributed by atoms with van der Waals surface area (Å²) in [7, 11) is 1.63. The Kier molecular flexibility index (Phi) is 6.45. The summed E-state index contributed by atoms with van der Waals surface area (Å²) in [4.78, 5) is 20.7. The number of nitrogens with zero attached hydrogens (tertiary/aromatic N) is 5. The number of anilines is 2. The maximum Gasteiger partial charge on any atom is 0.248 e. The Morgan fingerprint density at radius 1 is 1.14 bits per heavy atom. The fraction of sp³-hybridized carbons (Fsp3) is 0.360. The minimum atomic E-state index is -0.569. The molecule has 0 saturated carbocycles. The first-order chi connectivity index (χ1) is 17.9. The molecule has 192 valence electrons. The fourth-order valence-electron chi connectivity index (χ4n) is 4.83. The number of rotatable bonds is 10. The summed E-state index contributed by atoms with van der Waals surface area (Å²) in [6.45, 7) is 1.92. The number of hydrogen-bond donors (Lipinski definition) is 3. The predicted molar refractivity (Wildman–Crippen MR) is 137 cm³/mol. The maximum atomic E-state index is 11.9. The summed E-state index contributed by atoms with van der Waals surface area (Å²) in [5, 5.41) is 9.27. The van der Waals surface area contributed by atoms with Gasteiger partial charge in [0.05, 0.1) is 35.3 Å². The molecule has 37 heavy (non-hydrogen) atoms. The van der Waals surface area contributed by atoms with Crippen LogP contribution in [0.15, 0.2) is 24.3 Å². The third-order valence-electron chi connectivity index (χ3n) is 6.49. The van der Waals surface area contributed by atoms with Gasteiger partial charge in [-0.3, -0.25) is 4.79 Å². The minimum Gasteiger partial charge on any atom is -0.491 e. The van der Waals surface area contributed by atoms with Gasteiger partial charge in [0.15, 0.2) is 0 Å². The number of methoxy groups -OCH3 is 1. The van der Waals surface area contributed by atoms with E-state index < -0.39 is 5.91 Å². The van der Waals surface area contributed by atoms with Crippen molar-refractivity contribution >= 4 is 39.9 Å². The molecule has 1 amide bonds. The molecule has 2 aromatic carbocycles. The molecule has 1 aliphatic rings. The average Bonchev–Trinajstić information content (AvgIpc) is 3.39. The number of nitrogen functional groups attached to an aromatic ring is 2. The lowest BCUT2D eigenvalue weighted by atomic mass is 10.1. The van der Waals surface area contributed by atoms with Crippen molar-refractivity contribution in [3.63, 3.8) is 0 Å². The van der Waals surface area contributed by atoms with Gasteiger partial charge < -0.3 is 40.5 Å². The zero-order valence-corrected chi connectivity index (χ0v) is 20.4. The Hall–Kier alpha value is -4.50. The van der Waals surface area contributed by atoms with Crippen molar-refractivity contribution in [2.75, 3.05) is 38.4 Å². The molecule has 4 aromatic rings. The quantitative estimate of drug-likeness (QED) is 0.273. The number of carbonyl (C=O) groups excluding carboxylic acids is 1. The van der Waals surface area contributed by atoms with Crippen LogP contribution in [0.1, 0.15) is 41.2 Å². The summed E-state index contributed by atoms with van der Waals surface area (Å²) < 4.78 is 20.9. The first-order valence-corrected chi connectivity index (χ1v) is 12.0. The number of fused-ring (bicyclic) bond motifs is 1. The second-order valence-electron chi connectivity index (χ2n) is 8.92. The summed E-state index contributed by atoms with van der Waals surface area (Å²) in [6, 6.07) is 8.76. The number of primary amides is 1. The lowest BCUT2D eigenvalue weighted by Gasteiger charge is -2.26. The average molecular weight is 505 g/mol. The molecule has 12 nitrogen and oxygen atoms in total. The van der Waals surface area contributed by atoms with E-state index in [0.29, 0.717) is 83.9 Å². The van der Waals surface area contributed by atoms with E-state index in [1.165, 1.54) is 0 Å². The molecule has 1 atom stereocenters. The van der Waals surface area contributed by atoms with Gasteiger partial charge in [0.25, 0.3) is 0 Å². The van der Waals surface area contributed by atoms with Gasteiger partial charge in [-0.1, -0.05) is 0 Å². The van der Waals surface area contributed by atoms with E-state index in [-0.39, 0.29) is 6.04 Å². The van der Waals surface area contributed by atoms with Crippen LogP contribution in [-0.4, -0.2) is 51.9 Å². The molecule has 0 bridgehead atoms. The number of aryl methyl sites for hydroxylation is 1. The number of ether oxygens (including phenoxy) is 3. The number of aromatic nitrogens is 4. The van der Waals surface area contributed by atoms with Crippen LogP contribution in [0.2, 0.25) is 0 Å². The van der Waals surface area contributed by atoms with E-state index in [2.05, 4.69) is 16.0 Å². The van der Waals surface area contributed by atoms with Crippen LogP contribution in [0, 0.1) is 11.3 Å². The van der Waals surface area contributed by atoms with Crippen LogP contribution in [0.3, 0.4) is 0 Å². The lowest BCUT2D eigenvalue weighted by molar-refractivity contribution is 0.1000. The summed E-state index contributed by atoms with van der Waals surface area (Å²) in [5.41, 5.74) is 21.5. The third kappa shape index (κ3) is 4.45. The largest absolute Gasteiger partial charge is 0.491 e. The third-order valence-corrected chi connectivity index (χ3v) is 6.49. The molecule has 0 aliphatic carbocycles. The van der Waals surface area contributed by atoms with E-state index in [4.69, 9.17) is 31.4 Å². The number of imidazole rings is 2. The number of amides is 1. The number of nitrogens with two attached hydrogens (primary N) is 3. The Morgan fingerprint density at radius 3 is 2.68 bits per heavy atom. The topological polar surface area (TPSA) is 182 Å². The van der Waals surface area contributed by atoms with E-state index in [0.717, 1.165) is 18.4 Å². The highest BCUT2D eigenvalue weighted by Gasteiger charge is 2.27. The van der Waals surface area contributed by atoms with E-state index in [1.807, 2.05) is 9.13 Å². The molecule has 1 aliphatic heterocycles. The normalized spacial score (nSPS) is 14.5. The van der Waals surface area contributed by atoms with Crippen LogP contribution in [-0.2, 0) is 11.3 Å². The molecular weight excluding hydrogens is 476 g/mol. The number of hydrogen-bond acceptors (Lipinski definition) is 9. The molecule has 2 aromatic heterocycles. The van der Waals surface area contributed by atoms with Crippen molar-refractivity contribution in [1.82, 2.24) is 19.1 Å². The summed E-state index contributed by atoms with van der Waals surface area (Å²) in [6.07, 6.45) is 2.15. The van der Waals surface area contributed by atoms with Crippen molar-refractivity contribution in [3.05, 3.63) is 35.4 Å². The Labute approximate surface area is 212 Å². The van der Waals surface area contributed by atoms with Crippen molar-refractivity contribution in [2.45, 2.75) is 31.8 Å². The molecular formula is C25H28N8O4. The van der Waals surface area contributed by atoms with Crippen LogP contribution < -0.4 is 26.7 Å². The Balaban J connectivity index is 1.39. The molecule has 5 rings (SSSR count). The maximum absolute atomic E-state index is 11.9. The monoisotopic (exact) mass is 504 g/mol. The molecule has 0 spiro atoms. The number of nitriles is 1. The highest BCUT2D eigenvalue weighted by Crippen LogP contribution is 2.38. The second-order valence-corrected chi connectivity index (χ2v) is 8.92. The standard InChI is InChI=1S/C25H28N8O4/c1-35-6-3-7-36-20-11-15(23(27)34)10-18-21(20)32(24(28)30-18)5-2-4-16-13-37-19-9-14(12-26)8-17-22(19)33(16)25(29)31-17/h8-11,16H,2-7,13H2,1H3,(H2,27,34)(H2,28,30)(H2,29,31)/t16-/m0/s1. The van der Waals surface area contributed by atoms with Gasteiger partial charge in [0, 0.05) is 38.3 Å². The van der Waals surface area contributed by atoms with E-state index in [1.54, 1.807) is 31.4 Å². The fourth-order valence-corrected chi connectivity index (χ4v) is 4.83. The highest BCUT2D eigenvalue weighted by atomic mass is 16.5. The van der Waals surface area contributed by atoms with Gasteiger partial charge in [0.2, 0.25) is 17.8 Å². The van der Waals surface area contributed by atoms with E-state index >= 15 is 0 Å². The molecule has 0 unspecified atom stereocenters.